The van der Waals surface area contributed by atoms with Crippen molar-refractivity contribution < 1.29 is 19.4 Å². The van der Waals surface area contributed by atoms with Crippen LogP contribution in [0.15, 0.2) is 0 Å². The molecule has 0 saturated carbocycles. The number of carboxylic acids is 1. The summed E-state index contributed by atoms with van der Waals surface area (Å²) in [6.07, 6.45) is -0.0109. The van der Waals surface area contributed by atoms with Crippen LogP contribution in [0.5, 0.6) is 0 Å². The van der Waals surface area contributed by atoms with Crippen LogP contribution in [-0.4, -0.2) is 36.2 Å². The van der Waals surface area contributed by atoms with Gasteiger partial charge in [-0.3, -0.25) is 9.59 Å². The van der Waals surface area contributed by atoms with Crippen molar-refractivity contribution in [2.45, 2.75) is 33.8 Å². The van der Waals surface area contributed by atoms with Gasteiger partial charge in [0.15, 0.2) is 0 Å². The van der Waals surface area contributed by atoms with Gasteiger partial charge >= 0.3 is 5.97 Å². The Kier molecular flexibility index (Phi) is 5.28. The van der Waals surface area contributed by atoms with Crippen molar-refractivity contribution in [3.63, 3.8) is 0 Å². The number of amides is 1. The van der Waals surface area contributed by atoms with Crippen LogP contribution in [0.1, 0.15) is 27.7 Å². The third-order valence-corrected chi connectivity index (χ3v) is 1.85. The van der Waals surface area contributed by atoms with Crippen molar-refractivity contribution >= 4 is 11.9 Å². The van der Waals surface area contributed by atoms with Crippen LogP contribution >= 0.6 is 0 Å². The summed E-state index contributed by atoms with van der Waals surface area (Å²) in [6, 6.07) is 0. The molecule has 0 aliphatic carbocycles. The average Bonchev–Trinajstić information content (AvgIpc) is 2.11. The van der Waals surface area contributed by atoms with E-state index >= 15 is 0 Å². The molecule has 88 valence electrons. The fourth-order valence-corrected chi connectivity index (χ4v) is 0.689. The first-order valence-electron chi connectivity index (χ1n) is 4.87. The molecule has 5 heteroatoms. The molecular weight excluding hydrogens is 198 g/mol. The maximum atomic E-state index is 11.2. The van der Waals surface area contributed by atoms with E-state index in [4.69, 9.17) is 9.84 Å². The Hall–Kier alpha value is -1.10. The van der Waals surface area contributed by atoms with E-state index < -0.39 is 11.4 Å². The van der Waals surface area contributed by atoms with E-state index in [0.717, 1.165) is 0 Å². The zero-order valence-corrected chi connectivity index (χ0v) is 9.66. The number of carbonyl (C=O) groups is 2. The summed E-state index contributed by atoms with van der Waals surface area (Å²) < 4.78 is 5.07. The lowest BCUT2D eigenvalue weighted by molar-refractivity contribution is -0.147. The molecule has 0 fully saturated rings. The van der Waals surface area contributed by atoms with Gasteiger partial charge in [0.25, 0.3) is 0 Å². The second-order valence-electron chi connectivity index (χ2n) is 4.33. The van der Waals surface area contributed by atoms with Crippen LogP contribution in [-0.2, 0) is 14.3 Å². The minimum Gasteiger partial charge on any atom is -0.481 e. The molecule has 0 spiro atoms. The van der Waals surface area contributed by atoms with Crippen molar-refractivity contribution in [3.8, 4) is 0 Å². The minimum atomic E-state index is -0.951. The third kappa shape index (κ3) is 6.06. The van der Waals surface area contributed by atoms with E-state index in [-0.39, 0.29) is 25.2 Å². The van der Waals surface area contributed by atoms with Crippen LogP contribution < -0.4 is 5.32 Å². The quantitative estimate of drug-likeness (QED) is 0.684. The Morgan fingerprint density at radius 1 is 1.40 bits per heavy atom. The summed E-state index contributed by atoms with van der Waals surface area (Å²) in [5.41, 5.74) is -0.951. The minimum absolute atomic E-state index is 0.0109. The lowest BCUT2D eigenvalue weighted by Crippen LogP contribution is -2.40. The maximum absolute atomic E-state index is 11.2. The summed E-state index contributed by atoms with van der Waals surface area (Å²) in [7, 11) is 0. The highest BCUT2D eigenvalue weighted by atomic mass is 16.5. The molecule has 0 aliphatic heterocycles. The van der Waals surface area contributed by atoms with Gasteiger partial charge in [0.05, 0.1) is 11.5 Å². The lowest BCUT2D eigenvalue weighted by Gasteiger charge is -2.19. The summed E-state index contributed by atoms with van der Waals surface area (Å²) in [5.74, 6) is -1.23. The summed E-state index contributed by atoms with van der Waals surface area (Å²) in [5, 5.41) is 11.3. The van der Waals surface area contributed by atoms with E-state index in [2.05, 4.69) is 5.32 Å². The molecule has 0 saturated heterocycles. The molecule has 0 bridgehead atoms. The standard InChI is InChI=1S/C10H19NO4/c1-7(2)15-5-8(12)11-6-10(3,4)9(13)14/h7H,5-6H2,1-4H3,(H,11,12)(H,13,14). The first kappa shape index (κ1) is 13.9. The molecule has 0 atom stereocenters. The van der Waals surface area contributed by atoms with Crippen molar-refractivity contribution in [2.75, 3.05) is 13.2 Å². The van der Waals surface area contributed by atoms with Gasteiger partial charge < -0.3 is 15.2 Å². The van der Waals surface area contributed by atoms with Crippen molar-refractivity contribution in [1.82, 2.24) is 5.32 Å². The molecule has 5 nitrogen and oxygen atoms in total. The van der Waals surface area contributed by atoms with Crippen molar-refractivity contribution in [3.05, 3.63) is 0 Å². The molecular formula is C10H19NO4. The van der Waals surface area contributed by atoms with Gasteiger partial charge in [0.2, 0.25) is 5.91 Å². The number of aliphatic carboxylic acids is 1. The molecule has 2 N–H and O–H groups in total. The van der Waals surface area contributed by atoms with Gasteiger partial charge in [-0.2, -0.15) is 0 Å². The number of hydrogen-bond donors (Lipinski definition) is 2. The number of carbonyl (C=O) groups excluding carboxylic acids is 1. The van der Waals surface area contributed by atoms with Crippen LogP contribution in [0.4, 0.5) is 0 Å². The highest BCUT2D eigenvalue weighted by Gasteiger charge is 2.27. The highest BCUT2D eigenvalue weighted by molar-refractivity contribution is 5.79. The van der Waals surface area contributed by atoms with E-state index in [1.54, 1.807) is 13.8 Å². The van der Waals surface area contributed by atoms with Gasteiger partial charge in [-0.15, -0.1) is 0 Å². The molecule has 0 aromatic heterocycles. The van der Waals surface area contributed by atoms with Gasteiger partial charge in [-0.25, -0.2) is 0 Å². The Morgan fingerprint density at radius 2 is 1.93 bits per heavy atom. The molecule has 0 aromatic rings. The van der Waals surface area contributed by atoms with E-state index in [1.807, 2.05) is 13.8 Å². The molecule has 0 radical (unpaired) electrons. The second kappa shape index (κ2) is 5.70. The second-order valence-corrected chi connectivity index (χ2v) is 4.33. The van der Waals surface area contributed by atoms with Crippen molar-refractivity contribution in [1.29, 1.82) is 0 Å². The third-order valence-electron chi connectivity index (χ3n) is 1.85. The van der Waals surface area contributed by atoms with Gasteiger partial charge in [0.1, 0.15) is 6.61 Å². The first-order valence-corrected chi connectivity index (χ1v) is 4.87. The number of rotatable bonds is 6. The van der Waals surface area contributed by atoms with Gasteiger partial charge in [-0.05, 0) is 27.7 Å². The summed E-state index contributed by atoms with van der Waals surface area (Å²) in [4.78, 5) is 21.9. The highest BCUT2D eigenvalue weighted by Crippen LogP contribution is 2.12. The maximum Gasteiger partial charge on any atom is 0.310 e. The van der Waals surface area contributed by atoms with Crippen LogP contribution in [0.25, 0.3) is 0 Å². The fourth-order valence-electron chi connectivity index (χ4n) is 0.689. The van der Waals surface area contributed by atoms with E-state index in [9.17, 15) is 9.59 Å². The number of hydrogen-bond acceptors (Lipinski definition) is 3. The van der Waals surface area contributed by atoms with Gasteiger partial charge in [-0.1, -0.05) is 0 Å². The Labute approximate surface area is 89.8 Å². The molecule has 0 unspecified atom stereocenters. The largest absolute Gasteiger partial charge is 0.481 e. The van der Waals surface area contributed by atoms with Gasteiger partial charge in [0, 0.05) is 6.54 Å². The Morgan fingerprint density at radius 3 is 2.33 bits per heavy atom. The van der Waals surface area contributed by atoms with Crippen LogP contribution in [0.3, 0.4) is 0 Å². The zero-order chi connectivity index (χ0) is 12.1. The Bertz CT molecular complexity index is 236. The molecule has 1 amide bonds. The number of nitrogens with one attached hydrogen (secondary N) is 1. The van der Waals surface area contributed by atoms with Crippen LogP contribution in [0, 0.1) is 5.41 Å². The van der Waals surface area contributed by atoms with E-state index in [1.165, 1.54) is 0 Å². The average molecular weight is 217 g/mol. The molecule has 0 aliphatic rings. The topological polar surface area (TPSA) is 75.6 Å². The normalized spacial score (nSPS) is 11.5. The van der Waals surface area contributed by atoms with E-state index in [0.29, 0.717) is 0 Å². The van der Waals surface area contributed by atoms with Crippen molar-refractivity contribution in [2.24, 2.45) is 5.41 Å². The molecule has 0 heterocycles. The monoisotopic (exact) mass is 217 g/mol. The lowest BCUT2D eigenvalue weighted by atomic mass is 9.94. The predicted octanol–water partition coefficient (Wildman–Crippen LogP) is 0.638. The number of ether oxygens (including phenoxy) is 1. The Balaban J connectivity index is 3.85. The van der Waals surface area contributed by atoms with Crippen LogP contribution in [0.2, 0.25) is 0 Å². The smallest absolute Gasteiger partial charge is 0.310 e. The first-order chi connectivity index (χ1) is 6.75. The predicted molar refractivity (Wildman–Crippen MR) is 55.5 cm³/mol. The fraction of sp³-hybridized carbons (Fsp3) is 0.800. The zero-order valence-electron chi connectivity index (χ0n) is 9.66. The summed E-state index contributed by atoms with van der Waals surface area (Å²) >= 11 is 0. The molecule has 0 aromatic carbocycles. The summed E-state index contributed by atoms with van der Waals surface area (Å²) in [6.45, 7) is 6.83. The number of carboxylic acid groups (broad SMARTS) is 1. The molecule has 15 heavy (non-hydrogen) atoms. The SMILES string of the molecule is CC(C)OCC(=O)NCC(C)(C)C(=O)O. The molecule has 0 rings (SSSR count).